The van der Waals surface area contributed by atoms with Crippen LogP contribution >= 0.6 is 0 Å². The molecule has 0 heterocycles. The van der Waals surface area contributed by atoms with Crippen LogP contribution in [0.4, 0.5) is 0 Å². The molecule has 1 atom stereocenters. The van der Waals surface area contributed by atoms with Crippen LogP contribution in [0.1, 0.15) is 97.3 Å². The van der Waals surface area contributed by atoms with Gasteiger partial charge in [-0.05, 0) is 52.4 Å². The van der Waals surface area contributed by atoms with Gasteiger partial charge in [-0.2, -0.15) is 0 Å². The van der Waals surface area contributed by atoms with Gasteiger partial charge in [-0.3, -0.25) is 9.59 Å². The molecule has 0 aromatic heterocycles. The number of aliphatic hydroxyl groups excluding tert-OH is 1. The number of aliphatic hydroxyl groups is 1. The maximum Gasteiger partial charge on any atom is 0.230 e. The average Bonchev–Trinajstić information content (AvgIpc) is 2.70. The molecule has 162 valence electrons. The number of ketones is 1. The van der Waals surface area contributed by atoms with Gasteiger partial charge in [0.2, 0.25) is 5.91 Å². The minimum Gasteiger partial charge on any atom is -0.395 e. The summed E-state index contributed by atoms with van der Waals surface area (Å²) in [6.45, 7) is 4.20. The third-order valence-electron chi connectivity index (χ3n) is 5.00. The lowest BCUT2D eigenvalue weighted by Gasteiger charge is -2.15. The summed E-state index contributed by atoms with van der Waals surface area (Å²) in [4.78, 5) is 24.9. The molecule has 1 amide bonds. The van der Waals surface area contributed by atoms with Crippen LogP contribution < -0.4 is 5.32 Å². The molecule has 0 spiro atoms. The van der Waals surface area contributed by atoms with Gasteiger partial charge in [0.15, 0.2) is 0 Å². The molecule has 0 aliphatic rings. The van der Waals surface area contributed by atoms with Crippen LogP contribution in [0.3, 0.4) is 0 Å². The highest BCUT2D eigenvalue weighted by Crippen LogP contribution is 2.17. The van der Waals surface area contributed by atoms with Crippen LogP contribution in [-0.4, -0.2) is 29.9 Å². The third kappa shape index (κ3) is 15.6. The van der Waals surface area contributed by atoms with Crippen molar-refractivity contribution in [2.24, 2.45) is 5.92 Å². The van der Waals surface area contributed by atoms with Gasteiger partial charge in [0.25, 0.3) is 0 Å². The van der Waals surface area contributed by atoms with Crippen LogP contribution in [0, 0.1) is 5.92 Å². The number of rotatable bonds is 19. The molecule has 0 aliphatic heterocycles. The summed E-state index contributed by atoms with van der Waals surface area (Å²) in [6, 6.07) is 0. The zero-order valence-electron chi connectivity index (χ0n) is 18.3. The van der Waals surface area contributed by atoms with E-state index >= 15 is 0 Å². The largest absolute Gasteiger partial charge is 0.395 e. The maximum absolute atomic E-state index is 12.6. The van der Waals surface area contributed by atoms with Gasteiger partial charge in [0.1, 0.15) is 5.78 Å². The first-order valence-electron chi connectivity index (χ1n) is 11.3. The first kappa shape index (κ1) is 26.6. The molecule has 0 bridgehead atoms. The first-order valence-corrected chi connectivity index (χ1v) is 11.3. The number of hydrogen-bond donors (Lipinski definition) is 2. The second kappa shape index (κ2) is 20.3. The minimum absolute atomic E-state index is 0.0678. The van der Waals surface area contributed by atoms with Crippen molar-refractivity contribution < 1.29 is 14.7 Å². The molecule has 0 saturated heterocycles. The Balaban J connectivity index is 4.15. The SMILES string of the molecule is C/C=C\CCCCCCCC(=O)C(CCCCCC/C=C\C)C(=O)NCCO. The van der Waals surface area contributed by atoms with E-state index in [1.54, 1.807) is 0 Å². The Morgan fingerprint density at radius 1 is 0.821 bits per heavy atom. The van der Waals surface area contributed by atoms with Crippen molar-refractivity contribution in [3.63, 3.8) is 0 Å². The summed E-state index contributed by atoms with van der Waals surface area (Å²) in [5.41, 5.74) is 0. The molecule has 1 unspecified atom stereocenters. The third-order valence-corrected chi connectivity index (χ3v) is 5.00. The minimum atomic E-state index is -0.545. The zero-order valence-corrected chi connectivity index (χ0v) is 18.3. The molecule has 4 nitrogen and oxygen atoms in total. The standard InChI is InChI=1S/C24H43NO3/c1-3-5-7-9-11-13-15-17-19-23(27)22(24(28)25-20-21-26)18-16-14-12-10-8-6-4-2/h3-6,22,26H,7-21H2,1-2H3,(H,25,28)/b5-3-,6-4-. The van der Waals surface area contributed by atoms with Crippen molar-refractivity contribution in [1.29, 1.82) is 0 Å². The number of unbranched alkanes of at least 4 members (excludes halogenated alkanes) is 9. The second-order valence-corrected chi connectivity index (χ2v) is 7.47. The van der Waals surface area contributed by atoms with E-state index in [4.69, 9.17) is 5.11 Å². The van der Waals surface area contributed by atoms with Gasteiger partial charge in [0.05, 0.1) is 12.5 Å². The number of amides is 1. The Morgan fingerprint density at radius 3 is 1.93 bits per heavy atom. The number of allylic oxidation sites excluding steroid dienone is 4. The van der Waals surface area contributed by atoms with Gasteiger partial charge in [-0.1, -0.05) is 62.8 Å². The summed E-state index contributed by atoms with van der Waals surface area (Å²) in [6.07, 6.45) is 21.6. The smallest absolute Gasteiger partial charge is 0.230 e. The Morgan fingerprint density at radius 2 is 1.36 bits per heavy atom. The lowest BCUT2D eigenvalue weighted by molar-refractivity contribution is -0.134. The second-order valence-electron chi connectivity index (χ2n) is 7.47. The van der Waals surface area contributed by atoms with E-state index in [0.717, 1.165) is 57.8 Å². The van der Waals surface area contributed by atoms with Gasteiger partial charge in [-0.15, -0.1) is 0 Å². The predicted molar refractivity (Wildman–Crippen MR) is 118 cm³/mol. The topological polar surface area (TPSA) is 66.4 Å². The first-order chi connectivity index (χ1) is 13.7. The highest BCUT2D eigenvalue weighted by atomic mass is 16.3. The maximum atomic E-state index is 12.6. The van der Waals surface area contributed by atoms with Crippen LogP contribution in [0.5, 0.6) is 0 Å². The Bertz CT molecular complexity index is 443. The van der Waals surface area contributed by atoms with Gasteiger partial charge in [-0.25, -0.2) is 0 Å². The van der Waals surface area contributed by atoms with Crippen molar-refractivity contribution >= 4 is 11.7 Å². The van der Waals surface area contributed by atoms with Gasteiger partial charge < -0.3 is 10.4 Å². The zero-order chi connectivity index (χ0) is 20.9. The van der Waals surface area contributed by atoms with E-state index < -0.39 is 5.92 Å². The lowest BCUT2D eigenvalue weighted by atomic mass is 9.92. The van der Waals surface area contributed by atoms with E-state index in [0.29, 0.717) is 12.8 Å². The number of carbonyl (C=O) groups excluding carboxylic acids is 2. The summed E-state index contributed by atoms with van der Waals surface area (Å²) >= 11 is 0. The summed E-state index contributed by atoms with van der Waals surface area (Å²) < 4.78 is 0. The van der Waals surface area contributed by atoms with Crippen molar-refractivity contribution in [1.82, 2.24) is 5.32 Å². The highest BCUT2D eigenvalue weighted by molar-refractivity contribution is 6.01. The Labute approximate surface area is 172 Å². The highest BCUT2D eigenvalue weighted by Gasteiger charge is 2.25. The molecule has 0 aliphatic carbocycles. The fourth-order valence-corrected chi connectivity index (χ4v) is 3.30. The summed E-state index contributed by atoms with van der Waals surface area (Å²) in [5, 5.41) is 11.6. The Kier molecular flexibility index (Phi) is 19.3. The molecule has 2 N–H and O–H groups in total. The van der Waals surface area contributed by atoms with Crippen LogP contribution in [-0.2, 0) is 9.59 Å². The molecule has 28 heavy (non-hydrogen) atoms. The van der Waals surface area contributed by atoms with Gasteiger partial charge in [0, 0.05) is 13.0 Å². The van der Waals surface area contributed by atoms with Crippen LogP contribution in [0.2, 0.25) is 0 Å². The number of carbonyl (C=O) groups is 2. The quantitative estimate of drug-likeness (QED) is 0.173. The predicted octanol–water partition coefficient (Wildman–Crippen LogP) is 5.50. The average molecular weight is 394 g/mol. The van der Waals surface area contributed by atoms with Gasteiger partial charge >= 0.3 is 0 Å². The van der Waals surface area contributed by atoms with E-state index in [1.807, 2.05) is 13.8 Å². The Hall–Kier alpha value is -1.42. The molecule has 0 aromatic carbocycles. The molecule has 0 saturated carbocycles. The molecule has 0 rings (SSSR count). The fourth-order valence-electron chi connectivity index (χ4n) is 3.30. The van der Waals surface area contributed by atoms with E-state index in [-0.39, 0.29) is 24.8 Å². The summed E-state index contributed by atoms with van der Waals surface area (Å²) in [7, 11) is 0. The van der Waals surface area contributed by atoms with Crippen molar-refractivity contribution in [2.75, 3.05) is 13.2 Å². The van der Waals surface area contributed by atoms with E-state index in [1.165, 1.54) is 12.8 Å². The normalized spacial score (nSPS) is 12.7. The lowest BCUT2D eigenvalue weighted by Crippen LogP contribution is -2.36. The van der Waals surface area contributed by atoms with Crippen LogP contribution in [0.25, 0.3) is 0 Å². The van der Waals surface area contributed by atoms with Crippen LogP contribution in [0.15, 0.2) is 24.3 Å². The molecular weight excluding hydrogens is 350 g/mol. The fraction of sp³-hybridized carbons (Fsp3) is 0.750. The molecule has 4 heteroatoms. The number of Topliss-reactive ketones (excluding diaryl/α,β-unsaturated/α-hetero) is 1. The number of nitrogens with one attached hydrogen (secondary N) is 1. The monoisotopic (exact) mass is 393 g/mol. The van der Waals surface area contributed by atoms with Crippen molar-refractivity contribution in [2.45, 2.75) is 97.3 Å². The van der Waals surface area contributed by atoms with Crippen molar-refractivity contribution in [3.05, 3.63) is 24.3 Å². The van der Waals surface area contributed by atoms with E-state index in [9.17, 15) is 9.59 Å². The van der Waals surface area contributed by atoms with Crippen molar-refractivity contribution in [3.8, 4) is 0 Å². The molecule has 0 fully saturated rings. The molecular formula is C24H43NO3. The molecule has 0 aromatic rings. The number of hydrogen-bond acceptors (Lipinski definition) is 3. The molecule has 0 radical (unpaired) electrons. The summed E-state index contributed by atoms with van der Waals surface area (Å²) in [5.74, 6) is -0.686. The van der Waals surface area contributed by atoms with E-state index in [2.05, 4.69) is 29.6 Å².